The van der Waals surface area contributed by atoms with Crippen molar-refractivity contribution in [2.24, 2.45) is 0 Å². The molecule has 0 unspecified atom stereocenters. The van der Waals surface area contributed by atoms with Crippen LogP contribution >= 0.6 is 0 Å². The van der Waals surface area contributed by atoms with Crippen LogP contribution in [0, 0.1) is 0 Å². The van der Waals surface area contributed by atoms with Gasteiger partial charge in [-0.25, -0.2) is 0 Å². The van der Waals surface area contributed by atoms with Crippen molar-refractivity contribution in [3.63, 3.8) is 0 Å². The molecule has 7 heteroatoms. The largest absolute Gasteiger partial charge is 0.494 e. The molecule has 0 amide bonds. The molecule has 7 nitrogen and oxygen atoms in total. The molecule has 1 heterocycles. The van der Waals surface area contributed by atoms with Gasteiger partial charge in [0.25, 0.3) is 0 Å². The zero-order valence-corrected chi connectivity index (χ0v) is 24.3. The molecule has 0 aromatic heterocycles. The summed E-state index contributed by atoms with van der Waals surface area (Å²) in [4.78, 5) is 0. The third kappa shape index (κ3) is 11.3. The van der Waals surface area contributed by atoms with Gasteiger partial charge in [0.2, 0.25) is 0 Å². The summed E-state index contributed by atoms with van der Waals surface area (Å²) in [7, 11) is 0. The minimum absolute atomic E-state index is 0.397. The van der Waals surface area contributed by atoms with Gasteiger partial charge in [0.05, 0.1) is 46.2 Å². The van der Waals surface area contributed by atoms with Gasteiger partial charge >= 0.3 is 0 Å². The maximum absolute atomic E-state index is 6.14. The molecule has 0 saturated carbocycles. The molecule has 1 aliphatic rings. The standard InChI is InChI=1S/C34H44O7/c1-2-3-4-5-6-7-18-38-30-12-8-28(9-13-30)29-10-14-31(15-11-29)41-32-16-17-33-34(27-32)40-26-24-37-22-20-35-19-21-36-23-25-39-33/h8-17,27H,2-7,18-26H2,1H3. The lowest BCUT2D eigenvalue weighted by Crippen LogP contribution is -2.13. The third-order valence-corrected chi connectivity index (χ3v) is 6.67. The van der Waals surface area contributed by atoms with Gasteiger partial charge in [-0.15, -0.1) is 0 Å². The van der Waals surface area contributed by atoms with Crippen LogP contribution in [0.3, 0.4) is 0 Å². The van der Waals surface area contributed by atoms with Crippen LogP contribution < -0.4 is 18.9 Å². The van der Waals surface area contributed by atoms with Gasteiger partial charge in [0.1, 0.15) is 30.5 Å². The molecule has 0 N–H and O–H groups in total. The molecule has 0 saturated heterocycles. The summed E-state index contributed by atoms with van der Waals surface area (Å²) in [5.74, 6) is 3.56. The smallest absolute Gasteiger partial charge is 0.165 e. The van der Waals surface area contributed by atoms with Crippen LogP contribution in [0.2, 0.25) is 0 Å². The second kappa shape index (κ2) is 18.2. The lowest BCUT2D eigenvalue weighted by atomic mass is 10.1. The molecule has 41 heavy (non-hydrogen) atoms. The highest BCUT2D eigenvalue weighted by Gasteiger charge is 2.10. The molecule has 0 atom stereocenters. The average Bonchev–Trinajstić information content (AvgIpc) is 3.01. The van der Waals surface area contributed by atoms with Gasteiger partial charge in [-0.05, 0) is 53.9 Å². The zero-order chi connectivity index (χ0) is 28.4. The summed E-state index contributed by atoms with van der Waals surface area (Å²) in [6.45, 7) is 6.88. The van der Waals surface area contributed by atoms with Gasteiger partial charge in [0, 0.05) is 6.07 Å². The van der Waals surface area contributed by atoms with E-state index in [1.807, 2.05) is 42.5 Å². The maximum Gasteiger partial charge on any atom is 0.165 e. The summed E-state index contributed by atoms with van der Waals surface area (Å²) in [5.41, 5.74) is 2.25. The number of benzene rings is 3. The van der Waals surface area contributed by atoms with Gasteiger partial charge in [-0.1, -0.05) is 63.3 Å². The number of hydrogen-bond donors (Lipinski definition) is 0. The number of fused-ring (bicyclic) bond motifs is 1. The van der Waals surface area contributed by atoms with E-state index >= 15 is 0 Å². The fraction of sp³-hybridized carbons (Fsp3) is 0.471. The van der Waals surface area contributed by atoms with Crippen molar-refractivity contribution >= 4 is 0 Å². The Morgan fingerprint density at radius 2 is 1.02 bits per heavy atom. The summed E-state index contributed by atoms with van der Waals surface area (Å²) < 4.78 is 40.5. The first-order valence-corrected chi connectivity index (χ1v) is 15.0. The van der Waals surface area contributed by atoms with Crippen molar-refractivity contribution < 1.29 is 33.2 Å². The normalized spacial score (nSPS) is 15.0. The van der Waals surface area contributed by atoms with Crippen molar-refractivity contribution in [1.29, 1.82) is 0 Å². The molecule has 0 bridgehead atoms. The Morgan fingerprint density at radius 1 is 0.512 bits per heavy atom. The van der Waals surface area contributed by atoms with E-state index in [2.05, 4.69) is 31.2 Å². The second-order valence-corrected chi connectivity index (χ2v) is 9.91. The number of rotatable bonds is 11. The minimum Gasteiger partial charge on any atom is -0.494 e. The molecule has 222 valence electrons. The van der Waals surface area contributed by atoms with Crippen LogP contribution in [-0.2, 0) is 14.2 Å². The van der Waals surface area contributed by atoms with E-state index in [0.29, 0.717) is 70.1 Å². The summed E-state index contributed by atoms with van der Waals surface area (Å²) >= 11 is 0. The quantitative estimate of drug-likeness (QED) is 0.221. The van der Waals surface area contributed by atoms with Crippen molar-refractivity contribution in [2.45, 2.75) is 45.4 Å². The van der Waals surface area contributed by atoms with Crippen molar-refractivity contribution in [1.82, 2.24) is 0 Å². The zero-order valence-electron chi connectivity index (χ0n) is 24.3. The van der Waals surface area contributed by atoms with E-state index in [0.717, 1.165) is 35.7 Å². The van der Waals surface area contributed by atoms with Crippen molar-refractivity contribution in [3.8, 4) is 39.9 Å². The molecule has 0 fully saturated rings. The fourth-order valence-corrected chi connectivity index (χ4v) is 4.41. The number of unbranched alkanes of at least 4 members (excludes halogenated alkanes) is 5. The first-order valence-electron chi connectivity index (χ1n) is 15.0. The maximum atomic E-state index is 6.14. The highest BCUT2D eigenvalue weighted by atomic mass is 16.6. The van der Waals surface area contributed by atoms with Crippen LogP contribution in [0.25, 0.3) is 11.1 Å². The summed E-state index contributed by atoms with van der Waals surface area (Å²) in [6.07, 6.45) is 7.58. The van der Waals surface area contributed by atoms with Crippen LogP contribution in [0.15, 0.2) is 66.7 Å². The van der Waals surface area contributed by atoms with E-state index in [1.165, 1.54) is 32.1 Å². The Kier molecular flexibility index (Phi) is 13.6. The molecule has 0 aliphatic carbocycles. The predicted molar refractivity (Wildman–Crippen MR) is 161 cm³/mol. The van der Waals surface area contributed by atoms with Gasteiger partial charge in [-0.3, -0.25) is 0 Å². The Hall–Kier alpha value is -3.26. The van der Waals surface area contributed by atoms with E-state index in [9.17, 15) is 0 Å². The molecular formula is C34H44O7. The third-order valence-electron chi connectivity index (χ3n) is 6.67. The molecule has 3 aromatic carbocycles. The van der Waals surface area contributed by atoms with Crippen LogP contribution in [-0.4, -0.2) is 59.5 Å². The van der Waals surface area contributed by atoms with E-state index in [1.54, 1.807) is 0 Å². The Labute approximate surface area is 244 Å². The van der Waals surface area contributed by atoms with E-state index in [4.69, 9.17) is 33.2 Å². The average molecular weight is 565 g/mol. The Morgan fingerprint density at radius 3 is 1.66 bits per heavy atom. The molecule has 4 rings (SSSR count). The Balaban J connectivity index is 1.29. The molecule has 0 radical (unpaired) electrons. The van der Waals surface area contributed by atoms with Gasteiger partial charge in [-0.2, -0.15) is 0 Å². The van der Waals surface area contributed by atoms with E-state index in [-0.39, 0.29) is 0 Å². The highest BCUT2D eigenvalue weighted by molar-refractivity contribution is 5.65. The second-order valence-electron chi connectivity index (χ2n) is 9.91. The lowest BCUT2D eigenvalue weighted by Gasteiger charge is -2.15. The fourth-order valence-electron chi connectivity index (χ4n) is 4.41. The van der Waals surface area contributed by atoms with Crippen LogP contribution in [0.4, 0.5) is 0 Å². The molecule has 1 aliphatic heterocycles. The number of ether oxygens (including phenoxy) is 7. The Bertz CT molecular complexity index is 1110. The minimum atomic E-state index is 0.397. The SMILES string of the molecule is CCCCCCCCOc1ccc(-c2ccc(Oc3ccc4c(c3)OCCOCCOCCOCCO4)cc2)cc1. The van der Waals surface area contributed by atoms with Crippen molar-refractivity contribution in [2.75, 3.05) is 59.5 Å². The highest BCUT2D eigenvalue weighted by Crippen LogP contribution is 2.34. The van der Waals surface area contributed by atoms with Crippen LogP contribution in [0.5, 0.6) is 28.7 Å². The summed E-state index contributed by atoms with van der Waals surface area (Å²) in [5, 5.41) is 0. The predicted octanol–water partition coefficient (Wildman–Crippen LogP) is 7.71. The van der Waals surface area contributed by atoms with Crippen molar-refractivity contribution in [3.05, 3.63) is 66.7 Å². The lowest BCUT2D eigenvalue weighted by molar-refractivity contribution is 0.00708. The molecule has 0 spiro atoms. The molecular weight excluding hydrogens is 520 g/mol. The molecule has 3 aromatic rings. The first-order chi connectivity index (χ1) is 20.3. The van der Waals surface area contributed by atoms with Gasteiger partial charge in [0.15, 0.2) is 11.5 Å². The number of hydrogen-bond acceptors (Lipinski definition) is 7. The topological polar surface area (TPSA) is 64.6 Å². The first kappa shape index (κ1) is 30.7. The van der Waals surface area contributed by atoms with E-state index < -0.39 is 0 Å². The van der Waals surface area contributed by atoms with Crippen LogP contribution in [0.1, 0.15) is 45.4 Å². The van der Waals surface area contributed by atoms with Gasteiger partial charge < -0.3 is 33.2 Å². The monoisotopic (exact) mass is 564 g/mol. The summed E-state index contributed by atoms with van der Waals surface area (Å²) in [6, 6.07) is 21.9.